The van der Waals surface area contributed by atoms with Gasteiger partial charge < -0.3 is 9.90 Å². The Kier molecular flexibility index (Phi) is 15.0. The van der Waals surface area contributed by atoms with Crippen LogP contribution in [0.25, 0.3) is 0 Å². The summed E-state index contributed by atoms with van der Waals surface area (Å²) in [6.07, 6.45) is 22.3. The smallest absolute Gasteiger partial charge is 0.112 e. The zero-order valence-electron chi connectivity index (χ0n) is 15.5. The van der Waals surface area contributed by atoms with E-state index in [1.807, 2.05) is 0 Å². The van der Waals surface area contributed by atoms with Crippen LogP contribution in [0, 0.1) is 0 Å². The Hall–Kier alpha value is -1.09. The van der Waals surface area contributed by atoms with E-state index in [-0.39, 0.29) is 0 Å². The Labute approximate surface area is 143 Å². The van der Waals surface area contributed by atoms with Crippen molar-refractivity contribution in [3.63, 3.8) is 0 Å². The van der Waals surface area contributed by atoms with Gasteiger partial charge >= 0.3 is 0 Å². The number of hydrogen-bond acceptors (Lipinski definition) is 2. The van der Waals surface area contributed by atoms with Crippen LogP contribution in [0.5, 0.6) is 0 Å². The van der Waals surface area contributed by atoms with Gasteiger partial charge in [-0.15, -0.1) is 0 Å². The number of rotatable bonds is 12. The fourth-order valence-corrected chi connectivity index (χ4v) is 2.88. The number of carboxylic acid groups (broad SMARTS) is 1. The first-order valence-corrected chi connectivity index (χ1v) is 9.52. The third-order valence-corrected chi connectivity index (χ3v) is 4.08. The average molecular weight is 324 g/mol. The molecule has 0 aromatic carbocycles. The summed E-state index contributed by atoms with van der Waals surface area (Å²) in [4.78, 5) is 10.5. The molecule has 1 aliphatic rings. The first kappa shape index (κ1) is 21.9. The van der Waals surface area contributed by atoms with Crippen LogP contribution < -0.4 is 10.0 Å². The van der Waals surface area contributed by atoms with Crippen molar-refractivity contribution in [2.45, 2.75) is 91.4 Å². The van der Waals surface area contributed by atoms with Gasteiger partial charge in [0, 0.05) is 18.5 Å². The Balaban J connectivity index is 0.00000108. The van der Waals surface area contributed by atoms with Crippen LogP contribution in [0.4, 0.5) is 0 Å². The van der Waals surface area contributed by atoms with Crippen molar-refractivity contribution in [1.82, 2.24) is 0 Å². The van der Waals surface area contributed by atoms with E-state index in [4.69, 9.17) is 9.90 Å². The van der Waals surface area contributed by atoms with E-state index >= 15 is 0 Å². The van der Waals surface area contributed by atoms with E-state index in [0.29, 0.717) is 0 Å². The molecule has 134 valence electrons. The molecule has 0 amide bonds. The fraction of sp³-hybridized carbons (Fsp3) is 0.750. The summed E-state index contributed by atoms with van der Waals surface area (Å²) in [6, 6.07) is 0. The molecule has 1 atom stereocenters. The third kappa shape index (κ3) is 14.2. The van der Waals surface area contributed by atoms with Gasteiger partial charge in [0.25, 0.3) is 0 Å². The van der Waals surface area contributed by atoms with Crippen molar-refractivity contribution in [1.29, 1.82) is 0 Å². The van der Waals surface area contributed by atoms with Crippen molar-refractivity contribution in [2.75, 3.05) is 6.54 Å². The maximum absolute atomic E-state index is 8.89. The van der Waals surface area contributed by atoms with Crippen LogP contribution in [-0.4, -0.2) is 12.5 Å². The summed E-state index contributed by atoms with van der Waals surface area (Å²) in [6.45, 7) is 6.84. The van der Waals surface area contributed by atoms with Crippen molar-refractivity contribution < 1.29 is 14.8 Å². The second-order valence-corrected chi connectivity index (χ2v) is 6.40. The third-order valence-electron chi connectivity index (χ3n) is 4.08. The molecular weight excluding hydrogens is 286 g/mol. The van der Waals surface area contributed by atoms with E-state index in [2.05, 4.69) is 32.2 Å². The summed E-state index contributed by atoms with van der Waals surface area (Å²) < 4.78 is 0. The van der Waals surface area contributed by atoms with Crippen LogP contribution in [0.2, 0.25) is 0 Å². The molecule has 1 unspecified atom stereocenters. The lowest BCUT2D eigenvalue weighted by atomic mass is 10.1. The Morgan fingerprint density at radius 3 is 2.00 bits per heavy atom. The van der Waals surface area contributed by atoms with Gasteiger partial charge in [-0.25, -0.2) is 0 Å². The number of nitrogens with one attached hydrogen (secondary N) is 1. The van der Waals surface area contributed by atoms with Gasteiger partial charge in [-0.2, -0.15) is 0 Å². The number of carbonyl (C=O) groups is 1. The molecular formula is C20H37NO2. The molecule has 1 aliphatic heterocycles. The first-order chi connectivity index (χ1) is 11.1. The van der Waals surface area contributed by atoms with E-state index in [1.54, 1.807) is 10.6 Å². The van der Waals surface area contributed by atoms with E-state index in [1.165, 1.54) is 77.2 Å². The highest BCUT2D eigenvalue weighted by Crippen LogP contribution is 2.09. The fourth-order valence-electron chi connectivity index (χ4n) is 2.88. The maximum Gasteiger partial charge on any atom is 0.112 e. The highest BCUT2D eigenvalue weighted by molar-refractivity contribution is 5.60. The molecule has 3 heteroatoms. The van der Waals surface area contributed by atoms with Crippen molar-refractivity contribution in [3.05, 3.63) is 24.0 Å². The maximum atomic E-state index is 8.89. The SMILES string of the molecule is CC(=O)[O-].CCCCCCCCCCC[NH+]1C=CC=C1CCC. The topological polar surface area (TPSA) is 44.6 Å². The van der Waals surface area contributed by atoms with Crippen LogP contribution in [0.3, 0.4) is 0 Å². The van der Waals surface area contributed by atoms with Gasteiger partial charge in [-0.1, -0.05) is 58.8 Å². The molecule has 3 nitrogen and oxygen atoms in total. The summed E-state index contributed by atoms with van der Waals surface area (Å²) in [5.41, 5.74) is 1.60. The number of carbonyl (C=O) groups excluding carboxylic acids is 1. The number of aliphatic carboxylic acids is 1. The minimum atomic E-state index is -1.08. The monoisotopic (exact) mass is 323 g/mol. The van der Waals surface area contributed by atoms with Crippen molar-refractivity contribution in [2.24, 2.45) is 0 Å². The first-order valence-electron chi connectivity index (χ1n) is 9.52. The quantitative estimate of drug-likeness (QED) is 0.560. The van der Waals surface area contributed by atoms with Crippen LogP contribution in [0.15, 0.2) is 24.0 Å². The predicted molar refractivity (Wildman–Crippen MR) is 95.9 cm³/mol. The molecule has 0 aliphatic carbocycles. The summed E-state index contributed by atoms with van der Waals surface area (Å²) in [5.74, 6) is -1.08. The average Bonchev–Trinajstić information content (AvgIpc) is 2.93. The minimum absolute atomic E-state index is 0.972. The molecule has 0 aromatic heterocycles. The zero-order chi connectivity index (χ0) is 17.3. The number of carboxylic acids is 1. The number of allylic oxidation sites excluding steroid dienone is 3. The van der Waals surface area contributed by atoms with E-state index in [0.717, 1.165) is 6.92 Å². The minimum Gasteiger partial charge on any atom is -0.550 e. The summed E-state index contributed by atoms with van der Waals surface area (Å²) in [7, 11) is 0. The van der Waals surface area contributed by atoms with Gasteiger partial charge in [0.05, 0.1) is 12.7 Å². The Morgan fingerprint density at radius 1 is 0.957 bits per heavy atom. The second-order valence-electron chi connectivity index (χ2n) is 6.40. The molecule has 1 heterocycles. The highest BCUT2D eigenvalue weighted by atomic mass is 16.4. The number of unbranched alkanes of at least 4 members (excludes halogenated alkanes) is 8. The lowest BCUT2D eigenvalue weighted by Gasteiger charge is -2.13. The van der Waals surface area contributed by atoms with Crippen LogP contribution in [0.1, 0.15) is 91.4 Å². The van der Waals surface area contributed by atoms with Gasteiger partial charge in [0.2, 0.25) is 0 Å². The van der Waals surface area contributed by atoms with E-state index in [9.17, 15) is 0 Å². The molecule has 1 rings (SSSR count). The van der Waals surface area contributed by atoms with Gasteiger partial charge in [0.1, 0.15) is 5.70 Å². The van der Waals surface area contributed by atoms with Crippen molar-refractivity contribution in [3.8, 4) is 0 Å². The molecule has 0 aromatic rings. The molecule has 0 fully saturated rings. The number of hydrogen-bond donors (Lipinski definition) is 1. The normalized spacial score (nSPS) is 16.0. The predicted octanol–water partition coefficient (Wildman–Crippen LogP) is 3.37. The molecule has 0 radical (unpaired) electrons. The summed E-state index contributed by atoms with van der Waals surface area (Å²) >= 11 is 0. The molecule has 0 spiro atoms. The van der Waals surface area contributed by atoms with Crippen LogP contribution in [-0.2, 0) is 4.79 Å². The second kappa shape index (κ2) is 15.8. The standard InChI is InChI=1S/C18H33N.C2H4O2/c1-3-5-6-7-8-9-10-11-12-16-19-17-13-15-18(19)14-4-2;1-2(3)4/h13,15,17H,3-12,14,16H2,1-2H3;1H3,(H,3,4). The Bertz CT molecular complexity index is 344. The van der Waals surface area contributed by atoms with Crippen molar-refractivity contribution >= 4 is 5.97 Å². The molecule has 0 saturated heterocycles. The molecule has 0 bridgehead atoms. The molecule has 23 heavy (non-hydrogen) atoms. The van der Waals surface area contributed by atoms with Gasteiger partial charge in [-0.05, 0) is 32.3 Å². The lowest BCUT2D eigenvalue weighted by Crippen LogP contribution is -3.04. The molecule has 1 N–H and O–H groups in total. The van der Waals surface area contributed by atoms with Crippen LogP contribution >= 0.6 is 0 Å². The van der Waals surface area contributed by atoms with Gasteiger partial charge in [-0.3, -0.25) is 4.90 Å². The summed E-state index contributed by atoms with van der Waals surface area (Å²) in [5, 5.41) is 8.89. The Morgan fingerprint density at radius 2 is 1.48 bits per heavy atom. The lowest BCUT2D eigenvalue weighted by molar-refractivity contribution is -0.804. The zero-order valence-corrected chi connectivity index (χ0v) is 15.5. The van der Waals surface area contributed by atoms with E-state index < -0.39 is 5.97 Å². The largest absolute Gasteiger partial charge is 0.550 e. The molecule has 0 saturated carbocycles. The number of quaternary nitrogens is 1. The highest BCUT2D eigenvalue weighted by Gasteiger charge is 2.14. The van der Waals surface area contributed by atoms with Gasteiger partial charge in [0.15, 0.2) is 0 Å².